The van der Waals surface area contributed by atoms with Gasteiger partial charge in [-0.1, -0.05) is 84.4 Å². The summed E-state index contributed by atoms with van der Waals surface area (Å²) in [6.45, 7) is 2.67. The van der Waals surface area contributed by atoms with Crippen LogP contribution in [0.5, 0.6) is 0 Å². The predicted molar refractivity (Wildman–Crippen MR) is 120 cm³/mol. The van der Waals surface area contributed by atoms with Crippen LogP contribution in [0.15, 0.2) is 88.1 Å². The molecule has 0 aliphatic rings. The molecule has 3 aromatic carbocycles. The maximum atomic E-state index is 13.2. The van der Waals surface area contributed by atoms with Gasteiger partial charge in [0, 0.05) is 17.5 Å². The lowest BCUT2D eigenvalue weighted by molar-refractivity contribution is 0.532. The van der Waals surface area contributed by atoms with E-state index in [4.69, 9.17) is 16.0 Å². The van der Waals surface area contributed by atoms with Gasteiger partial charge in [0.15, 0.2) is 0 Å². The summed E-state index contributed by atoms with van der Waals surface area (Å²) >= 11 is 6.57. The molecule has 0 atom stereocenters. The Morgan fingerprint density at radius 2 is 1.45 bits per heavy atom. The third kappa shape index (κ3) is 2.70. The summed E-state index contributed by atoms with van der Waals surface area (Å²) in [5.74, 6) is 0. The summed E-state index contributed by atoms with van der Waals surface area (Å²) in [6, 6.07) is 25.5. The van der Waals surface area contributed by atoms with Crippen LogP contribution in [-0.2, 0) is 6.54 Å². The van der Waals surface area contributed by atoms with E-state index in [1.165, 1.54) is 0 Å². The SMILES string of the molecule is CCn1c2oc(=O)c(-c3ccccc3)c(-c3ccccc3)c2c2cccc(Cl)c21. The van der Waals surface area contributed by atoms with E-state index < -0.39 is 0 Å². The second kappa shape index (κ2) is 6.94. The van der Waals surface area contributed by atoms with Crippen LogP contribution in [0.3, 0.4) is 0 Å². The van der Waals surface area contributed by atoms with Gasteiger partial charge in [-0.05, 0) is 24.1 Å². The fourth-order valence-electron chi connectivity index (χ4n) is 4.12. The van der Waals surface area contributed by atoms with Crippen LogP contribution in [0.2, 0.25) is 5.02 Å². The zero-order valence-corrected chi connectivity index (χ0v) is 16.6. The third-order valence-corrected chi connectivity index (χ3v) is 5.62. The molecular weight excluding hydrogens is 382 g/mol. The zero-order valence-electron chi connectivity index (χ0n) is 15.9. The van der Waals surface area contributed by atoms with Crippen LogP contribution in [0, 0.1) is 0 Å². The monoisotopic (exact) mass is 399 g/mol. The van der Waals surface area contributed by atoms with Gasteiger partial charge in [0.1, 0.15) is 0 Å². The lowest BCUT2D eigenvalue weighted by Crippen LogP contribution is -2.07. The molecule has 0 unspecified atom stereocenters. The molecule has 0 saturated heterocycles. The van der Waals surface area contributed by atoms with Gasteiger partial charge in [-0.25, -0.2) is 4.79 Å². The Labute approximate surface area is 172 Å². The second-order valence-corrected chi connectivity index (χ2v) is 7.34. The molecule has 4 heteroatoms. The number of halogens is 1. The highest BCUT2D eigenvalue weighted by molar-refractivity contribution is 6.36. The third-order valence-electron chi connectivity index (χ3n) is 5.32. The van der Waals surface area contributed by atoms with Crippen molar-refractivity contribution < 1.29 is 4.42 Å². The topological polar surface area (TPSA) is 35.1 Å². The van der Waals surface area contributed by atoms with Gasteiger partial charge in [0.25, 0.3) is 0 Å². The van der Waals surface area contributed by atoms with Crippen molar-refractivity contribution in [2.75, 3.05) is 0 Å². The molecular formula is C25H18ClNO2. The summed E-state index contributed by atoms with van der Waals surface area (Å²) < 4.78 is 7.90. The number of aryl methyl sites for hydroxylation is 1. The van der Waals surface area contributed by atoms with E-state index in [1.807, 2.05) is 90.4 Å². The van der Waals surface area contributed by atoms with E-state index in [-0.39, 0.29) is 5.63 Å². The lowest BCUT2D eigenvalue weighted by Gasteiger charge is -2.11. The van der Waals surface area contributed by atoms with Crippen molar-refractivity contribution in [1.82, 2.24) is 4.57 Å². The molecule has 0 radical (unpaired) electrons. The average Bonchev–Trinajstić information content (AvgIpc) is 3.08. The maximum Gasteiger partial charge on any atom is 0.346 e. The molecule has 29 heavy (non-hydrogen) atoms. The smallest absolute Gasteiger partial charge is 0.346 e. The Morgan fingerprint density at radius 3 is 2.07 bits per heavy atom. The highest BCUT2D eigenvalue weighted by Gasteiger charge is 2.24. The Balaban J connectivity index is 2.08. The van der Waals surface area contributed by atoms with E-state index >= 15 is 0 Å². The standard InChI is InChI=1S/C25H18ClNO2/c1-2-27-23-18(14-9-15-19(23)26)22-20(16-10-5-3-6-11-16)21(25(28)29-24(22)27)17-12-7-4-8-13-17/h3-15H,2H2,1H3. The van der Waals surface area contributed by atoms with Crippen molar-refractivity contribution in [2.45, 2.75) is 13.5 Å². The van der Waals surface area contributed by atoms with Gasteiger partial charge in [-0.2, -0.15) is 0 Å². The molecule has 5 aromatic rings. The summed E-state index contributed by atoms with van der Waals surface area (Å²) in [4.78, 5) is 13.2. The normalized spacial score (nSPS) is 11.4. The highest BCUT2D eigenvalue weighted by Crippen LogP contribution is 2.42. The molecule has 0 aliphatic heterocycles. The number of hydrogen-bond donors (Lipinski definition) is 0. The molecule has 0 N–H and O–H groups in total. The van der Waals surface area contributed by atoms with Crippen LogP contribution in [0.1, 0.15) is 6.92 Å². The Hall–Kier alpha value is -3.30. The predicted octanol–water partition coefficient (Wildman–Crippen LogP) is 6.76. The number of para-hydroxylation sites is 1. The van der Waals surface area contributed by atoms with E-state index in [2.05, 4.69) is 0 Å². The zero-order chi connectivity index (χ0) is 20.0. The van der Waals surface area contributed by atoms with Crippen LogP contribution < -0.4 is 5.63 Å². The van der Waals surface area contributed by atoms with E-state index in [0.717, 1.165) is 33.0 Å². The van der Waals surface area contributed by atoms with Crippen molar-refractivity contribution >= 4 is 33.6 Å². The maximum absolute atomic E-state index is 13.2. The molecule has 0 spiro atoms. The molecule has 2 heterocycles. The van der Waals surface area contributed by atoms with Crippen molar-refractivity contribution in [3.8, 4) is 22.3 Å². The Morgan fingerprint density at radius 1 is 0.828 bits per heavy atom. The molecule has 0 amide bonds. The fourth-order valence-corrected chi connectivity index (χ4v) is 4.40. The first-order valence-corrected chi connectivity index (χ1v) is 9.97. The molecule has 0 aliphatic carbocycles. The summed E-state index contributed by atoms with van der Waals surface area (Å²) in [7, 11) is 0. The van der Waals surface area contributed by atoms with Crippen molar-refractivity contribution in [2.24, 2.45) is 0 Å². The Bertz CT molecular complexity index is 1400. The molecule has 2 aromatic heterocycles. The van der Waals surface area contributed by atoms with Crippen molar-refractivity contribution in [3.63, 3.8) is 0 Å². The fraction of sp³-hybridized carbons (Fsp3) is 0.0800. The lowest BCUT2D eigenvalue weighted by atomic mass is 9.93. The minimum absolute atomic E-state index is 0.351. The molecule has 3 nitrogen and oxygen atoms in total. The van der Waals surface area contributed by atoms with E-state index in [9.17, 15) is 4.79 Å². The summed E-state index contributed by atoms with van der Waals surface area (Å²) in [5.41, 5.74) is 4.34. The largest absolute Gasteiger partial charge is 0.405 e. The van der Waals surface area contributed by atoms with E-state index in [1.54, 1.807) is 0 Å². The van der Waals surface area contributed by atoms with Crippen LogP contribution in [0.4, 0.5) is 0 Å². The number of benzene rings is 3. The first kappa shape index (κ1) is 17.8. The number of aromatic nitrogens is 1. The summed E-state index contributed by atoms with van der Waals surface area (Å²) in [5, 5.41) is 2.53. The molecule has 0 fully saturated rings. The molecule has 0 bridgehead atoms. The number of hydrogen-bond acceptors (Lipinski definition) is 2. The summed E-state index contributed by atoms with van der Waals surface area (Å²) in [6.07, 6.45) is 0. The van der Waals surface area contributed by atoms with Gasteiger partial charge >= 0.3 is 5.63 Å². The van der Waals surface area contributed by atoms with Gasteiger partial charge in [0.05, 0.1) is 21.5 Å². The number of nitrogens with zero attached hydrogens (tertiary/aromatic N) is 1. The van der Waals surface area contributed by atoms with E-state index in [0.29, 0.717) is 22.8 Å². The average molecular weight is 400 g/mol. The van der Waals surface area contributed by atoms with Crippen LogP contribution >= 0.6 is 11.6 Å². The van der Waals surface area contributed by atoms with Gasteiger partial charge in [-0.15, -0.1) is 0 Å². The Kier molecular flexibility index (Phi) is 4.26. The first-order valence-electron chi connectivity index (χ1n) is 9.59. The van der Waals surface area contributed by atoms with Gasteiger partial charge in [-0.3, -0.25) is 0 Å². The molecule has 142 valence electrons. The van der Waals surface area contributed by atoms with Gasteiger partial charge < -0.3 is 8.98 Å². The minimum atomic E-state index is -0.351. The van der Waals surface area contributed by atoms with Crippen LogP contribution in [-0.4, -0.2) is 4.57 Å². The van der Waals surface area contributed by atoms with Crippen molar-refractivity contribution in [3.05, 3.63) is 94.3 Å². The quantitative estimate of drug-likeness (QED) is 0.336. The second-order valence-electron chi connectivity index (χ2n) is 6.93. The van der Waals surface area contributed by atoms with Crippen molar-refractivity contribution in [1.29, 1.82) is 0 Å². The molecule has 0 saturated carbocycles. The minimum Gasteiger partial charge on any atom is -0.405 e. The number of fused-ring (bicyclic) bond motifs is 3. The van der Waals surface area contributed by atoms with Crippen LogP contribution in [0.25, 0.3) is 44.3 Å². The molecule has 5 rings (SSSR count). The number of rotatable bonds is 3. The van der Waals surface area contributed by atoms with Gasteiger partial charge in [0.2, 0.25) is 5.71 Å². The first-order chi connectivity index (χ1) is 14.2. The highest BCUT2D eigenvalue weighted by atomic mass is 35.5.